The van der Waals surface area contributed by atoms with Crippen molar-refractivity contribution >= 4 is 27.2 Å². The summed E-state index contributed by atoms with van der Waals surface area (Å²) in [5.41, 5.74) is 0.190. The summed E-state index contributed by atoms with van der Waals surface area (Å²) in [6, 6.07) is 3.52. The van der Waals surface area contributed by atoms with E-state index >= 15 is 0 Å². The van der Waals surface area contributed by atoms with Crippen molar-refractivity contribution in [1.82, 2.24) is 9.78 Å². The highest BCUT2D eigenvalue weighted by molar-refractivity contribution is 7.93. The topological polar surface area (TPSA) is 87.8 Å². The zero-order chi connectivity index (χ0) is 14.2. The van der Waals surface area contributed by atoms with Gasteiger partial charge in [0.05, 0.1) is 6.20 Å². The number of sulfonamides is 1. The SMILES string of the molecule is Cc1cc(S(=O)(=O)Nc2c(C#N)cnn2C)c(C)s1. The molecule has 0 aliphatic carbocycles. The zero-order valence-electron chi connectivity index (χ0n) is 10.6. The van der Waals surface area contributed by atoms with Gasteiger partial charge in [0, 0.05) is 16.8 Å². The summed E-state index contributed by atoms with van der Waals surface area (Å²) in [5.74, 6) is 0.172. The maximum absolute atomic E-state index is 12.3. The summed E-state index contributed by atoms with van der Waals surface area (Å²) in [6.45, 7) is 3.60. The van der Waals surface area contributed by atoms with Crippen LogP contribution in [0.3, 0.4) is 0 Å². The first-order valence-corrected chi connectivity index (χ1v) is 7.67. The van der Waals surface area contributed by atoms with Crippen LogP contribution in [-0.2, 0) is 17.1 Å². The Balaban J connectivity index is 2.45. The van der Waals surface area contributed by atoms with Gasteiger partial charge in [-0.25, -0.2) is 8.42 Å². The van der Waals surface area contributed by atoms with Crippen LogP contribution in [0.2, 0.25) is 0 Å². The normalized spacial score (nSPS) is 11.3. The molecule has 0 unspecified atom stereocenters. The van der Waals surface area contributed by atoms with Gasteiger partial charge in [0.15, 0.2) is 5.82 Å². The van der Waals surface area contributed by atoms with Crippen molar-refractivity contribution in [2.75, 3.05) is 4.72 Å². The zero-order valence-corrected chi connectivity index (χ0v) is 12.3. The van der Waals surface area contributed by atoms with Gasteiger partial charge in [-0.1, -0.05) is 0 Å². The van der Waals surface area contributed by atoms with E-state index in [1.165, 1.54) is 22.2 Å². The van der Waals surface area contributed by atoms with E-state index in [4.69, 9.17) is 5.26 Å². The minimum Gasteiger partial charge on any atom is -0.262 e. The van der Waals surface area contributed by atoms with Crippen molar-refractivity contribution in [2.45, 2.75) is 18.7 Å². The number of nitrogens with zero attached hydrogens (tertiary/aromatic N) is 3. The molecule has 0 fully saturated rings. The number of nitriles is 1. The van der Waals surface area contributed by atoms with E-state index in [-0.39, 0.29) is 16.3 Å². The summed E-state index contributed by atoms with van der Waals surface area (Å²) in [6.07, 6.45) is 1.32. The molecule has 100 valence electrons. The van der Waals surface area contributed by atoms with Gasteiger partial charge in [-0.15, -0.1) is 11.3 Å². The molecule has 2 aromatic rings. The summed E-state index contributed by atoms with van der Waals surface area (Å²) < 4.78 is 28.3. The average molecular weight is 296 g/mol. The fourth-order valence-corrected chi connectivity index (χ4v) is 4.36. The van der Waals surface area contributed by atoms with Crippen LogP contribution in [0.25, 0.3) is 0 Å². The number of aromatic nitrogens is 2. The monoisotopic (exact) mass is 296 g/mol. The van der Waals surface area contributed by atoms with E-state index in [1.807, 2.05) is 13.0 Å². The highest BCUT2D eigenvalue weighted by atomic mass is 32.2. The molecule has 0 saturated heterocycles. The Morgan fingerprint density at radius 1 is 1.47 bits per heavy atom. The van der Waals surface area contributed by atoms with Crippen molar-refractivity contribution in [3.05, 3.63) is 27.6 Å². The van der Waals surface area contributed by atoms with E-state index < -0.39 is 10.0 Å². The van der Waals surface area contributed by atoms with Crippen LogP contribution in [0.15, 0.2) is 17.2 Å². The molecule has 8 heteroatoms. The fraction of sp³-hybridized carbons (Fsp3) is 0.273. The van der Waals surface area contributed by atoms with Gasteiger partial charge in [-0.05, 0) is 19.9 Å². The number of nitrogens with one attached hydrogen (secondary N) is 1. The molecule has 0 aliphatic heterocycles. The van der Waals surface area contributed by atoms with E-state index in [0.29, 0.717) is 4.88 Å². The van der Waals surface area contributed by atoms with Crippen LogP contribution < -0.4 is 4.72 Å². The molecule has 0 saturated carbocycles. The third-order valence-electron chi connectivity index (χ3n) is 2.58. The minimum absolute atomic E-state index is 0.172. The highest BCUT2D eigenvalue weighted by Crippen LogP contribution is 2.27. The number of thiophene rings is 1. The lowest BCUT2D eigenvalue weighted by atomic mass is 10.4. The molecular formula is C11H12N4O2S2. The molecule has 0 radical (unpaired) electrons. The maximum atomic E-state index is 12.3. The Labute approximate surface area is 115 Å². The third kappa shape index (κ3) is 2.47. The number of hydrogen-bond acceptors (Lipinski definition) is 5. The molecule has 2 rings (SSSR count). The molecule has 0 bridgehead atoms. The van der Waals surface area contributed by atoms with E-state index in [0.717, 1.165) is 4.88 Å². The smallest absolute Gasteiger partial charge is 0.262 e. The number of rotatable bonds is 3. The molecule has 0 atom stereocenters. The van der Waals surface area contributed by atoms with Gasteiger partial charge in [0.1, 0.15) is 16.5 Å². The predicted octanol–water partition coefficient (Wildman–Crippen LogP) is 1.77. The molecule has 0 aromatic carbocycles. The Morgan fingerprint density at radius 3 is 2.68 bits per heavy atom. The van der Waals surface area contributed by atoms with Crippen LogP contribution in [-0.4, -0.2) is 18.2 Å². The van der Waals surface area contributed by atoms with Gasteiger partial charge in [-0.2, -0.15) is 10.4 Å². The first-order valence-electron chi connectivity index (χ1n) is 5.37. The second-order valence-corrected chi connectivity index (χ2v) is 7.14. The van der Waals surface area contributed by atoms with Crippen molar-refractivity contribution in [2.24, 2.45) is 7.05 Å². The Morgan fingerprint density at radius 2 is 2.16 bits per heavy atom. The molecule has 0 amide bonds. The first-order chi connectivity index (χ1) is 8.85. The molecule has 6 nitrogen and oxygen atoms in total. The summed E-state index contributed by atoms with van der Waals surface area (Å²) in [5, 5.41) is 12.8. The van der Waals surface area contributed by atoms with Crippen LogP contribution in [0, 0.1) is 25.2 Å². The number of hydrogen-bond donors (Lipinski definition) is 1. The van der Waals surface area contributed by atoms with Crippen molar-refractivity contribution in [3.8, 4) is 6.07 Å². The van der Waals surface area contributed by atoms with Gasteiger partial charge >= 0.3 is 0 Å². The average Bonchev–Trinajstić information content (AvgIpc) is 2.83. The largest absolute Gasteiger partial charge is 0.264 e. The second-order valence-electron chi connectivity index (χ2n) is 4.03. The van der Waals surface area contributed by atoms with Gasteiger partial charge in [-0.3, -0.25) is 9.40 Å². The Bertz CT molecular complexity index is 765. The molecule has 2 aromatic heterocycles. The summed E-state index contributed by atoms with van der Waals surface area (Å²) in [7, 11) is -2.13. The minimum atomic E-state index is -3.70. The predicted molar refractivity (Wildman–Crippen MR) is 72.5 cm³/mol. The third-order valence-corrected chi connectivity index (χ3v) is 5.14. The summed E-state index contributed by atoms with van der Waals surface area (Å²) in [4.78, 5) is 1.87. The second kappa shape index (κ2) is 4.68. The quantitative estimate of drug-likeness (QED) is 0.935. The van der Waals surface area contributed by atoms with Crippen LogP contribution in [0.4, 0.5) is 5.82 Å². The summed E-state index contributed by atoms with van der Waals surface area (Å²) >= 11 is 1.42. The van der Waals surface area contributed by atoms with Gasteiger partial charge in [0.25, 0.3) is 10.0 Å². The number of anilines is 1. The highest BCUT2D eigenvalue weighted by Gasteiger charge is 2.22. The fourth-order valence-electron chi connectivity index (χ4n) is 1.70. The van der Waals surface area contributed by atoms with Gasteiger partial charge < -0.3 is 0 Å². The van der Waals surface area contributed by atoms with E-state index in [1.54, 1.807) is 20.0 Å². The van der Waals surface area contributed by atoms with Crippen molar-refractivity contribution in [1.29, 1.82) is 5.26 Å². The van der Waals surface area contributed by atoms with E-state index in [2.05, 4.69) is 9.82 Å². The van der Waals surface area contributed by atoms with Crippen LogP contribution in [0.1, 0.15) is 15.3 Å². The van der Waals surface area contributed by atoms with Crippen molar-refractivity contribution in [3.63, 3.8) is 0 Å². The maximum Gasteiger partial charge on any atom is 0.264 e. The standard InChI is InChI=1S/C11H12N4O2S2/c1-7-4-10(8(2)18-7)19(16,17)14-11-9(5-12)6-13-15(11)3/h4,6,14H,1-3H3. The van der Waals surface area contributed by atoms with Crippen molar-refractivity contribution < 1.29 is 8.42 Å². The van der Waals surface area contributed by atoms with Gasteiger partial charge in [0.2, 0.25) is 0 Å². The molecule has 0 spiro atoms. The lowest BCUT2D eigenvalue weighted by Crippen LogP contribution is -2.16. The van der Waals surface area contributed by atoms with Crippen LogP contribution >= 0.6 is 11.3 Å². The molecule has 2 heterocycles. The lowest BCUT2D eigenvalue weighted by Gasteiger charge is -2.08. The lowest BCUT2D eigenvalue weighted by molar-refractivity contribution is 0.600. The van der Waals surface area contributed by atoms with E-state index in [9.17, 15) is 8.42 Å². The molecule has 0 aliphatic rings. The molecular weight excluding hydrogens is 284 g/mol. The number of aryl methyl sites for hydroxylation is 3. The Kier molecular flexibility index (Phi) is 3.34. The van der Waals surface area contributed by atoms with Crippen LogP contribution in [0.5, 0.6) is 0 Å². The Hall–Kier alpha value is -1.85. The first kappa shape index (κ1) is 13.6. The molecule has 19 heavy (non-hydrogen) atoms. The molecule has 1 N–H and O–H groups in total.